The average molecular weight is 203 g/mol. The lowest BCUT2D eigenvalue weighted by molar-refractivity contribution is -0.114. The maximum atomic E-state index is 10.8. The van der Waals surface area contributed by atoms with Gasteiger partial charge in [-0.1, -0.05) is 17.7 Å². The number of benzene rings is 1. The summed E-state index contributed by atoms with van der Waals surface area (Å²) in [5, 5.41) is 2.75. The van der Waals surface area contributed by atoms with E-state index in [0.29, 0.717) is 0 Å². The lowest BCUT2D eigenvalue weighted by atomic mass is 10.0. The molecule has 0 aliphatic rings. The Bertz CT molecular complexity index is 384. The van der Waals surface area contributed by atoms with E-state index in [4.69, 9.17) is 0 Å². The molecule has 80 valence electrons. The van der Waals surface area contributed by atoms with E-state index < -0.39 is 0 Å². The summed E-state index contributed by atoms with van der Waals surface area (Å²) in [5.41, 5.74) is 4.63. The smallest absolute Gasteiger partial charge is 0.221 e. The van der Waals surface area contributed by atoms with Gasteiger partial charge in [-0.2, -0.15) is 0 Å². The molecule has 2 nitrogen and oxygen atoms in total. The lowest BCUT2D eigenvalue weighted by Crippen LogP contribution is -2.05. The highest BCUT2D eigenvalue weighted by atomic mass is 16.1. The number of amides is 1. The largest absolute Gasteiger partial charge is 0.326 e. The van der Waals surface area contributed by atoms with Crippen LogP contribution in [0, 0.1) is 0 Å². The molecule has 1 rings (SSSR count). The molecular weight excluding hydrogens is 186 g/mol. The van der Waals surface area contributed by atoms with E-state index in [1.807, 2.05) is 24.3 Å². The second kappa shape index (κ2) is 4.78. The zero-order chi connectivity index (χ0) is 11.4. The quantitative estimate of drug-likeness (QED) is 0.783. The van der Waals surface area contributed by atoms with Crippen LogP contribution in [0.2, 0.25) is 0 Å². The van der Waals surface area contributed by atoms with Crippen molar-refractivity contribution in [3.8, 4) is 0 Å². The molecule has 0 fully saturated rings. The first-order valence-electron chi connectivity index (χ1n) is 5.03. The van der Waals surface area contributed by atoms with E-state index in [1.165, 1.54) is 23.6 Å². The molecule has 0 atom stereocenters. The molecule has 0 saturated heterocycles. The second-order valence-corrected chi connectivity index (χ2v) is 3.88. The molecule has 1 N–H and O–H groups in total. The third-order valence-corrected chi connectivity index (χ3v) is 2.39. The molecule has 2 heteroatoms. The molecule has 0 aliphatic heterocycles. The predicted octanol–water partition coefficient (Wildman–Crippen LogP) is 3.46. The molecule has 1 aromatic carbocycles. The Morgan fingerprint density at radius 1 is 1.00 bits per heavy atom. The van der Waals surface area contributed by atoms with E-state index in [0.717, 1.165) is 5.69 Å². The van der Waals surface area contributed by atoms with Gasteiger partial charge in [-0.25, -0.2) is 0 Å². The van der Waals surface area contributed by atoms with Gasteiger partial charge in [0.1, 0.15) is 0 Å². The second-order valence-electron chi connectivity index (χ2n) is 3.88. The SMILES string of the molecule is CC(=O)Nc1ccc(C(C)=C(C)C)cc1. The van der Waals surface area contributed by atoms with Gasteiger partial charge in [-0.3, -0.25) is 4.79 Å². The third kappa shape index (κ3) is 3.24. The van der Waals surface area contributed by atoms with Crippen molar-refractivity contribution in [2.45, 2.75) is 27.7 Å². The van der Waals surface area contributed by atoms with Crippen LogP contribution in [-0.2, 0) is 4.79 Å². The molecule has 0 heterocycles. The Morgan fingerprint density at radius 2 is 1.53 bits per heavy atom. The van der Waals surface area contributed by atoms with Crippen LogP contribution in [0.3, 0.4) is 0 Å². The highest BCUT2D eigenvalue weighted by Gasteiger charge is 1.99. The molecule has 0 aliphatic carbocycles. The highest BCUT2D eigenvalue weighted by Crippen LogP contribution is 2.19. The van der Waals surface area contributed by atoms with Gasteiger partial charge in [0, 0.05) is 12.6 Å². The van der Waals surface area contributed by atoms with Gasteiger partial charge in [-0.15, -0.1) is 0 Å². The van der Waals surface area contributed by atoms with Gasteiger partial charge in [0.05, 0.1) is 0 Å². The Hall–Kier alpha value is -1.57. The number of rotatable bonds is 2. The Balaban J connectivity index is 2.90. The van der Waals surface area contributed by atoms with Crippen molar-refractivity contribution in [3.63, 3.8) is 0 Å². The summed E-state index contributed by atoms with van der Waals surface area (Å²) < 4.78 is 0. The fourth-order valence-electron chi connectivity index (χ4n) is 1.30. The number of nitrogens with one attached hydrogen (secondary N) is 1. The standard InChI is InChI=1S/C13H17NO/c1-9(2)10(3)12-5-7-13(8-6-12)14-11(4)15/h5-8H,1-4H3,(H,14,15). The van der Waals surface area contributed by atoms with Crippen molar-refractivity contribution in [2.24, 2.45) is 0 Å². The number of carbonyl (C=O) groups excluding carboxylic acids is 1. The molecule has 0 spiro atoms. The summed E-state index contributed by atoms with van der Waals surface area (Å²) in [4.78, 5) is 10.8. The summed E-state index contributed by atoms with van der Waals surface area (Å²) in [7, 11) is 0. The first-order chi connectivity index (χ1) is 7.00. The van der Waals surface area contributed by atoms with Crippen LogP contribution in [0.15, 0.2) is 29.8 Å². The van der Waals surface area contributed by atoms with Gasteiger partial charge in [0.15, 0.2) is 0 Å². The number of hydrogen-bond acceptors (Lipinski definition) is 1. The predicted molar refractivity (Wildman–Crippen MR) is 64.7 cm³/mol. The summed E-state index contributed by atoms with van der Waals surface area (Å²) in [6, 6.07) is 7.88. The first-order valence-corrected chi connectivity index (χ1v) is 5.03. The third-order valence-electron chi connectivity index (χ3n) is 2.39. The molecule has 0 radical (unpaired) electrons. The van der Waals surface area contributed by atoms with E-state index in [1.54, 1.807) is 0 Å². The van der Waals surface area contributed by atoms with Gasteiger partial charge in [-0.05, 0) is 44.0 Å². The van der Waals surface area contributed by atoms with E-state index >= 15 is 0 Å². The van der Waals surface area contributed by atoms with Gasteiger partial charge >= 0.3 is 0 Å². The van der Waals surface area contributed by atoms with Gasteiger partial charge in [0.25, 0.3) is 0 Å². The number of carbonyl (C=O) groups is 1. The van der Waals surface area contributed by atoms with Crippen molar-refractivity contribution in [1.29, 1.82) is 0 Å². The molecular formula is C13H17NO. The normalized spacial score (nSPS) is 9.60. The van der Waals surface area contributed by atoms with Crippen molar-refractivity contribution in [2.75, 3.05) is 5.32 Å². The minimum Gasteiger partial charge on any atom is -0.326 e. The topological polar surface area (TPSA) is 29.1 Å². The van der Waals surface area contributed by atoms with Crippen LogP contribution in [0.25, 0.3) is 5.57 Å². The Morgan fingerprint density at radius 3 is 1.93 bits per heavy atom. The van der Waals surface area contributed by atoms with Crippen molar-refractivity contribution >= 4 is 17.2 Å². The van der Waals surface area contributed by atoms with Crippen LogP contribution in [0.5, 0.6) is 0 Å². The van der Waals surface area contributed by atoms with Crippen LogP contribution in [0.4, 0.5) is 5.69 Å². The summed E-state index contributed by atoms with van der Waals surface area (Å²) in [6.07, 6.45) is 0. The van der Waals surface area contributed by atoms with Gasteiger partial charge in [0.2, 0.25) is 5.91 Å². The fraction of sp³-hybridized carbons (Fsp3) is 0.308. The van der Waals surface area contributed by atoms with E-state index in [-0.39, 0.29) is 5.91 Å². The number of hydrogen-bond donors (Lipinski definition) is 1. The van der Waals surface area contributed by atoms with E-state index in [2.05, 4.69) is 26.1 Å². The molecule has 0 aromatic heterocycles. The van der Waals surface area contributed by atoms with Crippen LogP contribution < -0.4 is 5.32 Å². The van der Waals surface area contributed by atoms with Crippen LogP contribution in [0.1, 0.15) is 33.3 Å². The minimum absolute atomic E-state index is 0.0401. The summed E-state index contributed by atoms with van der Waals surface area (Å²) in [6.45, 7) is 7.80. The zero-order valence-electron chi connectivity index (χ0n) is 9.72. The molecule has 15 heavy (non-hydrogen) atoms. The Kier molecular flexibility index (Phi) is 3.67. The van der Waals surface area contributed by atoms with Crippen molar-refractivity contribution in [1.82, 2.24) is 0 Å². The minimum atomic E-state index is -0.0401. The molecule has 0 saturated carbocycles. The molecule has 0 unspecified atom stereocenters. The fourth-order valence-corrected chi connectivity index (χ4v) is 1.30. The van der Waals surface area contributed by atoms with E-state index in [9.17, 15) is 4.79 Å². The average Bonchev–Trinajstić information content (AvgIpc) is 2.17. The molecule has 1 amide bonds. The molecule has 1 aromatic rings. The van der Waals surface area contributed by atoms with Crippen LogP contribution >= 0.6 is 0 Å². The summed E-state index contributed by atoms with van der Waals surface area (Å²) >= 11 is 0. The highest BCUT2D eigenvalue weighted by molar-refractivity contribution is 5.88. The van der Waals surface area contributed by atoms with Crippen molar-refractivity contribution in [3.05, 3.63) is 35.4 Å². The Labute approximate surface area is 91.0 Å². The summed E-state index contributed by atoms with van der Waals surface area (Å²) in [5.74, 6) is -0.0401. The monoisotopic (exact) mass is 203 g/mol. The number of allylic oxidation sites excluding steroid dienone is 2. The zero-order valence-corrected chi connectivity index (χ0v) is 9.72. The first kappa shape index (κ1) is 11.5. The lowest BCUT2D eigenvalue weighted by Gasteiger charge is -2.06. The maximum absolute atomic E-state index is 10.8. The maximum Gasteiger partial charge on any atom is 0.221 e. The number of anilines is 1. The molecule has 0 bridgehead atoms. The van der Waals surface area contributed by atoms with Crippen LogP contribution in [-0.4, -0.2) is 5.91 Å². The van der Waals surface area contributed by atoms with Crippen molar-refractivity contribution < 1.29 is 4.79 Å². The van der Waals surface area contributed by atoms with Gasteiger partial charge < -0.3 is 5.32 Å².